The largest absolute Gasteiger partial charge is 0.472 e. The molecule has 1 N–H and O–H groups in total. The van der Waals surface area contributed by atoms with Crippen LogP contribution in [0.4, 0.5) is 0 Å². The van der Waals surface area contributed by atoms with Gasteiger partial charge in [0.25, 0.3) is 0 Å². The van der Waals surface area contributed by atoms with Crippen LogP contribution in [-0.4, -0.2) is 48.9 Å². The zero-order valence-corrected chi connectivity index (χ0v) is 22.8. The first-order chi connectivity index (χ1) is 15.6. The van der Waals surface area contributed by atoms with E-state index in [1.807, 2.05) is 0 Å². The van der Waals surface area contributed by atoms with E-state index in [0.717, 1.165) is 6.42 Å². The van der Waals surface area contributed by atoms with Crippen LogP contribution in [0.25, 0.3) is 0 Å². The molecule has 3 atom stereocenters. The summed E-state index contributed by atoms with van der Waals surface area (Å²) in [7, 11) is -4.00. The second kappa shape index (κ2) is 20.8. The standard InChI is InChI=1S/C24H48BrO6P/c1-2-3-4-5-6-7-8-9-10-11-12-13-14-15-16-17-23-20-29-24(21-28-23)22-31-32(26,27)30-19-18-25/h23-24H,2-22H2,1H3,(H,26,27)/t23-,24-/m0/s1. The molecule has 1 aliphatic rings. The maximum Gasteiger partial charge on any atom is 0.472 e. The van der Waals surface area contributed by atoms with Gasteiger partial charge in [0.1, 0.15) is 6.10 Å². The Morgan fingerprint density at radius 2 is 1.25 bits per heavy atom. The fraction of sp³-hybridized carbons (Fsp3) is 1.00. The van der Waals surface area contributed by atoms with Gasteiger partial charge in [-0.1, -0.05) is 119 Å². The molecule has 0 aromatic carbocycles. The van der Waals surface area contributed by atoms with Crippen molar-refractivity contribution in [2.45, 2.75) is 122 Å². The predicted octanol–water partition coefficient (Wildman–Crippen LogP) is 7.56. The quantitative estimate of drug-likeness (QED) is 0.0863. The van der Waals surface area contributed by atoms with Gasteiger partial charge in [-0.3, -0.25) is 9.05 Å². The Labute approximate surface area is 205 Å². The summed E-state index contributed by atoms with van der Waals surface area (Å²) in [6.45, 7) is 3.31. The predicted molar refractivity (Wildman–Crippen MR) is 135 cm³/mol. The van der Waals surface area contributed by atoms with Crippen molar-refractivity contribution < 1.29 is 28.0 Å². The first-order valence-corrected chi connectivity index (χ1v) is 15.6. The number of phosphoric ester groups is 1. The van der Waals surface area contributed by atoms with E-state index in [0.29, 0.717) is 18.5 Å². The maximum atomic E-state index is 11.6. The van der Waals surface area contributed by atoms with Crippen molar-refractivity contribution in [1.82, 2.24) is 0 Å². The lowest BCUT2D eigenvalue weighted by Crippen LogP contribution is -2.38. The molecule has 32 heavy (non-hydrogen) atoms. The average molecular weight is 544 g/mol. The topological polar surface area (TPSA) is 74.2 Å². The minimum absolute atomic E-state index is 0.00173. The highest BCUT2D eigenvalue weighted by atomic mass is 79.9. The van der Waals surface area contributed by atoms with Crippen molar-refractivity contribution in [3.05, 3.63) is 0 Å². The number of unbranched alkanes of at least 4 members (excludes halogenated alkanes) is 14. The SMILES string of the molecule is CCCCCCCCCCCCCCCCC[C@H]1CO[C@H](COP(=O)(O)OCCBr)CO1. The van der Waals surface area contributed by atoms with E-state index < -0.39 is 7.82 Å². The minimum Gasteiger partial charge on any atom is -0.373 e. The van der Waals surface area contributed by atoms with E-state index in [1.54, 1.807) is 0 Å². The number of hydrogen-bond acceptors (Lipinski definition) is 5. The second-order valence-corrected chi connectivity index (χ2v) is 11.2. The zero-order chi connectivity index (χ0) is 23.3. The highest BCUT2D eigenvalue weighted by Crippen LogP contribution is 2.43. The maximum absolute atomic E-state index is 11.6. The molecule has 1 heterocycles. The molecule has 1 rings (SSSR count). The Balaban J connectivity index is 1.84. The molecular weight excluding hydrogens is 495 g/mol. The Hall–Kier alpha value is 0.510. The molecule has 1 fully saturated rings. The minimum atomic E-state index is -4.00. The smallest absolute Gasteiger partial charge is 0.373 e. The summed E-state index contributed by atoms with van der Waals surface area (Å²) in [4.78, 5) is 9.52. The molecule has 0 amide bonds. The van der Waals surface area contributed by atoms with Gasteiger partial charge in [0.15, 0.2) is 0 Å². The molecule has 0 aromatic heterocycles. The van der Waals surface area contributed by atoms with Gasteiger partial charge in [-0.25, -0.2) is 4.57 Å². The van der Waals surface area contributed by atoms with Gasteiger partial charge >= 0.3 is 7.82 Å². The summed E-state index contributed by atoms with van der Waals surface area (Å²) in [5.41, 5.74) is 0. The van der Waals surface area contributed by atoms with Crippen LogP contribution in [0, 0.1) is 0 Å². The van der Waals surface area contributed by atoms with Crippen LogP contribution < -0.4 is 0 Å². The summed E-state index contributed by atoms with van der Waals surface area (Å²) in [6.07, 6.45) is 21.4. The van der Waals surface area contributed by atoms with Crippen molar-refractivity contribution in [2.75, 3.05) is 31.8 Å². The highest BCUT2D eigenvalue weighted by molar-refractivity contribution is 9.09. The van der Waals surface area contributed by atoms with E-state index in [1.165, 1.54) is 96.3 Å². The van der Waals surface area contributed by atoms with Gasteiger partial charge in [-0.2, -0.15) is 0 Å². The first kappa shape index (κ1) is 30.5. The summed E-state index contributed by atoms with van der Waals surface area (Å²) in [5.74, 6) is 0. The zero-order valence-electron chi connectivity index (χ0n) is 20.3. The number of phosphoric acid groups is 1. The molecule has 0 spiro atoms. The number of halogens is 1. The lowest BCUT2D eigenvalue weighted by Gasteiger charge is -2.29. The van der Waals surface area contributed by atoms with Gasteiger partial charge in [0.2, 0.25) is 0 Å². The molecule has 0 aromatic rings. The molecule has 0 saturated carbocycles. The molecule has 0 bridgehead atoms. The number of rotatable bonds is 22. The molecule has 0 aliphatic carbocycles. The molecule has 1 aliphatic heterocycles. The molecule has 1 unspecified atom stereocenters. The van der Waals surface area contributed by atoms with Crippen LogP contribution in [0.2, 0.25) is 0 Å². The fourth-order valence-electron chi connectivity index (χ4n) is 3.95. The van der Waals surface area contributed by atoms with Crippen molar-refractivity contribution in [3.63, 3.8) is 0 Å². The van der Waals surface area contributed by atoms with E-state index >= 15 is 0 Å². The van der Waals surface area contributed by atoms with Crippen LogP contribution in [0.15, 0.2) is 0 Å². The fourth-order valence-corrected chi connectivity index (χ4v) is 5.12. The third kappa shape index (κ3) is 17.9. The number of ether oxygens (including phenoxy) is 2. The van der Waals surface area contributed by atoms with Gasteiger partial charge < -0.3 is 14.4 Å². The summed E-state index contributed by atoms with van der Waals surface area (Å²) in [5, 5.41) is 0.477. The van der Waals surface area contributed by atoms with E-state index in [-0.39, 0.29) is 25.4 Å². The van der Waals surface area contributed by atoms with Crippen molar-refractivity contribution in [2.24, 2.45) is 0 Å². The molecule has 0 radical (unpaired) electrons. The molecule has 192 valence electrons. The summed E-state index contributed by atoms with van der Waals surface area (Å²) >= 11 is 3.14. The second-order valence-electron chi connectivity index (χ2n) is 8.94. The van der Waals surface area contributed by atoms with E-state index in [4.69, 9.17) is 18.5 Å². The van der Waals surface area contributed by atoms with Gasteiger partial charge in [-0.05, 0) is 6.42 Å². The third-order valence-corrected chi connectivity index (χ3v) is 7.23. The van der Waals surface area contributed by atoms with Crippen LogP contribution >= 0.6 is 23.8 Å². The lowest BCUT2D eigenvalue weighted by atomic mass is 10.0. The summed E-state index contributed by atoms with van der Waals surface area (Å²) < 4.78 is 32.9. The Bertz CT molecular complexity index is 460. The van der Waals surface area contributed by atoms with Gasteiger partial charge in [0.05, 0.1) is 32.5 Å². The molecular formula is C24H48BrO6P. The number of alkyl halides is 1. The number of hydrogen-bond donors (Lipinski definition) is 1. The molecule has 1 saturated heterocycles. The third-order valence-electron chi connectivity index (χ3n) is 5.92. The van der Waals surface area contributed by atoms with E-state index in [9.17, 15) is 9.46 Å². The Morgan fingerprint density at radius 1 is 0.781 bits per heavy atom. The molecule has 6 nitrogen and oxygen atoms in total. The summed E-state index contributed by atoms with van der Waals surface area (Å²) in [6, 6.07) is 0. The van der Waals surface area contributed by atoms with Crippen LogP contribution in [0.5, 0.6) is 0 Å². The van der Waals surface area contributed by atoms with Crippen molar-refractivity contribution >= 4 is 23.8 Å². The van der Waals surface area contributed by atoms with Gasteiger partial charge in [-0.15, -0.1) is 0 Å². The van der Waals surface area contributed by atoms with Crippen LogP contribution in [0.3, 0.4) is 0 Å². The van der Waals surface area contributed by atoms with Crippen molar-refractivity contribution in [1.29, 1.82) is 0 Å². The Morgan fingerprint density at radius 3 is 1.72 bits per heavy atom. The van der Waals surface area contributed by atoms with E-state index in [2.05, 4.69) is 22.9 Å². The average Bonchev–Trinajstić information content (AvgIpc) is 2.80. The monoisotopic (exact) mass is 542 g/mol. The molecule has 8 heteroatoms. The van der Waals surface area contributed by atoms with Gasteiger partial charge in [0, 0.05) is 5.33 Å². The first-order valence-electron chi connectivity index (χ1n) is 13.0. The highest BCUT2D eigenvalue weighted by Gasteiger charge is 2.27. The van der Waals surface area contributed by atoms with Crippen molar-refractivity contribution in [3.8, 4) is 0 Å². The lowest BCUT2D eigenvalue weighted by molar-refractivity contribution is -0.145. The Kier molecular flexibility index (Phi) is 19.9. The normalized spacial score (nSPS) is 21.0. The van der Waals surface area contributed by atoms with Crippen LogP contribution in [0.1, 0.15) is 110 Å². The van der Waals surface area contributed by atoms with Crippen LogP contribution in [-0.2, 0) is 23.1 Å².